The fraction of sp³-hybridized carbons (Fsp3) is 0.150. The summed E-state index contributed by atoms with van der Waals surface area (Å²) in [7, 11) is 0. The Bertz CT molecular complexity index is 980. The second kappa shape index (κ2) is 7.51. The molecule has 3 aromatic rings. The number of rotatable bonds is 4. The van der Waals surface area contributed by atoms with E-state index in [1.807, 2.05) is 24.3 Å². The molecule has 1 aliphatic heterocycles. The van der Waals surface area contributed by atoms with Gasteiger partial charge in [-0.1, -0.05) is 23.4 Å². The predicted octanol–water partition coefficient (Wildman–Crippen LogP) is 3.04. The van der Waals surface area contributed by atoms with E-state index in [0.29, 0.717) is 11.4 Å². The van der Waals surface area contributed by atoms with Crippen LogP contribution in [-0.2, 0) is 0 Å². The molecule has 27 heavy (non-hydrogen) atoms. The number of nitrogens with zero attached hydrogens (tertiary/aromatic N) is 3. The molecule has 1 aromatic heterocycles. The van der Waals surface area contributed by atoms with Gasteiger partial charge in [-0.05, 0) is 54.4 Å². The number of halogens is 1. The van der Waals surface area contributed by atoms with E-state index >= 15 is 0 Å². The molecule has 0 saturated heterocycles. The molecule has 0 saturated carbocycles. The number of nitrogens with one attached hydrogen (secondary N) is 2. The van der Waals surface area contributed by atoms with E-state index in [9.17, 15) is 9.18 Å². The first-order valence-electron chi connectivity index (χ1n) is 8.68. The molecule has 4 rings (SSSR count). The van der Waals surface area contributed by atoms with Crippen LogP contribution in [0.4, 0.5) is 10.1 Å². The summed E-state index contributed by atoms with van der Waals surface area (Å²) in [5, 5.41) is 13.6. The topological polar surface area (TPSA) is 71.8 Å². The molecule has 0 fully saturated rings. The number of hydrogen-bond donors (Lipinski definition) is 2. The van der Waals surface area contributed by atoms with Crippen LogP contribution in [-0.4, -0.2) is 34.0 Å². The number of hydrogen-bond acceptors (Lipinski definition) is 4. The molecule has 0 unspecified atom stereocenters. The summed E-state index contributed by atoms with van der Waals surface area (Å²) in [5.41, 5.74) is 3.55. The van der Waals surface area contributed by atoms with Crippen LogP contribution in [0.1, 0.15) is 22.3 Å². The van der Waals surface area contributed by atoms with Gasteiger partial charge in [0.05, 0.1) is 23.6 Å². The maximum Gasteiger partial charge on any atom is 0.258 e. The summed E-state index contributed by atoms with van der Waals surface area (Å²) in [6.07, 6.45) is 6.29. The zero-order valence-electron chi connectivity index (χ0n) is 14.5. The molecule has 2 heterocycles. The summed E-state index contributed by atoms with van der Waals surface area (Å²) in [5.74, 6) is -1.10. The maximum absolute atomic E-state index is 14.2. The van der Waals surface area contributed by atoms with Crippen LogP contribution in [0.15, 0.2) is 60.9 Å². The minimum absolute atomic E-state index is 0.0480. The molecule has 2 N–H and O–H groups in total. The molecule has 136 valence electrons. The van der Waals surface area contributed by atoms with Crippen LogP contribution in [0.5, 0.6) is 0 Å². The number of anilines is 1. The third kappa shape index (κ3) is 3.78. The van der Waals surface area contributed by atoms with Crippen molar-refractivity contribution in [3.63, 3.8) is 0 Å². The molecule has 0 spiro atoms. The highest BCUT2D eigenvalue weighted by molar-refractivity contribution is 6.04. The maximum atomic E-state index is 14.2. The van der Waals surface area contributed by atoms with Gasteiger partial charge in [-0.15, -0.1) is 5.10 Å². The van der Waals surface area contributed by atoms with E-state index in [1.54, 1.807) is 12.3 Å². The lowest BCUT2D eigenvalue weighted by Gasteiger charge is -2.14. The van der Waals surface area contributed by atoms with Gasteiger partial charge >= 0.3 is 0 Å². The van der Waals surface area contributed by atoms with Gasteiger partial charge in [-0.3, -0.25) is 4.79 Å². The standard InChI is InChI=1S/C20H18FN5O/c21-19-6-5-17(26-12-11-23-25-26)13-18(19)20(27)24-16-3-1-14(2-4-16)15-7-9-22-10-8-15/h1-7,11-13,22H,8-10H2,(H,24,27). The summed E-state index contributed by atoms with van der Waals surface area (Å²) in [6.45, 7) is 1.83. The molecule has 0 radical (unpaired) electrons. The average molecular weight is 363 g/mol. The van der Waals surface area contributed by atoms with Gasteiger partial charge in [0.1, 0.15) is 5.82 Å². The van der Waals surface area contributed by atoms with Gasteiger partial charge in [0.2, 0.25) is 0 Å². The Labute approximate surface area is 155 Å². The highest BCUT2D eigenvalue weighted by Crippen LogP contribution is 2.22. The fourth-order valence-electron chi connectivity index (χ4n) is 3.03. The Balaban J connectivity index is 1.52. The molecule has 0 bridgehead atoms. The van der Waals surface area contributed by atoms with E-state index in [-0.39, 0.29) is 5.56 Å². The molecular weight excluding hydrogens is 345 g/mol. The Morgan fingerprint density at radius 1 is 1.19 bits per heavy atom. The summed E-state index contributed by atoms with van der Waals surface area (Å²) in [6, 6.07) is 11.8. The third-order valence-corrected chi connectivity index (χ3v) is 4.46. The van der Waals surface area contributed by atoms with Crippen molar-refractivity contribution in [2.75, 3.05) is 18.4 Å². The van der Waals surface area contributed by atoms with Crippen LogP contribution in [0, 0.1) is 5.82 Å². The Morgan fingerprint density at radius 3 is 2.74 bits per heavy atom. The normalized spacial score (nSPS) is 13.9. The van der Waals surface area contributed by atoms with Crippen LogP contribution in [0.25, 0.3) is 11.3 Å². The van der Waals surface area contributed by atoms with Gasteiger partial charge in [-0.25, -0.2) is 9.07 Å². The molecule has 1 aliphatic rings. The first kappa shape index (κ1) is 17.1. The lowest BCUT2D eigenvalue weighted by molar-refractivity contribution is 0.102. The van der Waals surface area contributed by atoms with Crippen molar-refractivity contribution in [3.05, 3.63) is 77.9 Å². The van der Waals surface area contributed by atoms with E-state index in [2.05, 4.69) is 27.0 Å². The predicted molar refractivity (Wildman–Crippen MR) is 101 cm³/mol. The van der Waals surface area contributed by atoms with E-state index in [4.69, 9.17) is 0 Å². The second-order valence-corrected chi connectivity index (χ2v) is 6.23. The number of benzene rings is 2. The highest BCUT2D eigenvalue weighted by Gasteiger charge is 2.14. The Morgan fingerprint density at radius 2 is 2.04 bits per heavy atom. The summed E-state index contributed by atoms with van der Waals surface area (Å²) < 4.78 is 15.6. The van der Waals surface area contributed by atoms with Gasteiger partial charge in [0.15, 0.2) is 0 Å². The number of carbonyl (C=O) groups is 1. The van der Waals surface area contributed by atoms with Gasteiger partial charge in [0, 0.05) is 12.2 Å². The van der Waals surface area contributed by atoms with Crippen molar-refractivity contribution in [1.82, 2.24) is 20.3 Å². The molecule has 1 amide bonds. The van der Waals surface area contributed by atoms with Crippen molar-refractivity contribution in [3.8, 4) is 5.69 Å². The Hall–Kier alpha value is -3.32. The lowest BCUT2D eigenvalue weighted by Crippen LogP contribution is -2.20. The zero-order valence-corrected chi connectivity index (χ0v) is 14.5. The Kier molecular flexibility index (Phi) is 4.76. The van der Waals surface area contributed by atoms with Crippen LogP contribution >= 0.6 is 0 Å². The molecule has 0 aliphatic carbocycles. The summed E-state index contributed by atoms with van der Waals surface area (Å²) >= 11 is 0. The molecule has 2 aromatic carbocycles. The van der Waals surface area contributed by atoms with E-state index in [0.717, 1.165) is 25.1 Å². The van der Waals surface area contributed by atoms with Gasteiger partial charge < -0.3 is 10.6 Å². The van der Waals surface area contributed by atoms with Crippen LogP contribution in [0.2, 0.25) is 0 Å². The molecule has 6 nitrogen and oxygen atoms in total. The first-order valence-corrected chi connectivity index (χ1v) is 8.68. The third-order valence-electron chi connectivity index (χ3n) is 4.46. The zero-order chi connectivity index (χ0) is 18.6. The average Bonchev–Trinajstić information content (AvgIpc) is 3.24. The number of carbonyl (C=O) groups excluding carboxylic acids is 1. The van der Waals surface area contributed by atoms with Crippen molar-refractivity contribution in [2.45, 2.75) is 6.42 Å². The largest absolute Gasteiger partial charge is 0.322 e. The molecule has 7 heteroatoms. The summed E-state index contributed by atoms with van der Waals surface area (Å²) in [4.78, 5) is 12.5. The quantitative estimate of drug-likeness (QED) is 0.747. The van der Waals surface area contributed by atoms with E-state index in [1.165, 1.54) is 28.6 Å². The van der Waals surface area contributed by atoms with Crippen molar-refractivity contribution in [2.24, 2.45) is 0 Å². The number of amides is 1. The van der Waals surface area contributed by atoms with Crippen LogP contribution < -0.4 is 10.6 Å². The molecular formula is C20H18FN5O. The molecule has 0 atom stereocenters. The number of aromatic nitrogens is 3. The first-order chi connectivity index (χ1) is 13.2. The fourth-order valence-corrected chi connectivity index (χ4v) is 3.03. The minimum atomic E-state index is -0.590. The smallest absolute Gasteiger partial charge is 0.258 e. The highest BCUT2D eigenvalue weighted by atomic mass is 19.1. The monoisotopic (exact) mass is 363 g/mol. The van der Waals surface area contributed by atoms with E-state index < -0.39 is 11.7 Å². The van der Waals surface area contributed by atoms with Crippen molar-refractivity contribution in [1.29, 1.82) is 0 Å². The SMILES string of the molecule is O=C(Nc1ccc(C2=CCNCC2)cc1)c1cc(-n2ccnn2)ccc1F. The lowest BCUT2D eigenvalue weighted by atomic mass is 10.00. The minimum Gasteiger partial charge on any atom is -0.322 e. The van der Waals surface area contributed by atoms with Crippen molar-refractivity contribution >= 4 is 17.2 Å². The van der Waals surface area contributed by atoms with Crippen LogP contribution in [0.3, 0.4) is 0 Å². The van der Waals surface area contributed by atoms with Gasteiger partial charge in [-0.2, -0.15) is 0 Å². The van der Waals surface area contributed by atoms with Crippen molar-refractivity contribution < 1.29 is 9.18 Å². The second-order valence-electron chi connectivity index (χ2n) is 6.23. The van der Waals surface area contributed by atoms with Gasteiger partial charge in [0.25, 0.3) is 5.91 Å².